The fraction of sp³-hybridized carbons (Fsp3) is 0.391. The first kappa shape index (κ1) is 24.3. The third-order valence-corrected chi connectivity index (χ3v) is 9.10. The maximum absolute atomic E-state index is 13.5. The zero-order valence-electron chi connectivity index (χ0n) is 18.9. The smallest absolute Gasteiger partial charge is 0.260 e. The van der Waals surface area contributed by atoms with Gasteiger partial charge >= 0.3 is 0 Å². The Morgan fingerprint density at radius 3 is 2.42 bits per heavy atom. The van der Waals surface area contributed by atoms with Gasteiger partial charge in [0, 0.05) is 29.7 Å². The van der Waals surface area contributed by atoms with Gasteiger partial charge in [-0.05, 0) is 82.4 Å². The van der Waals surface area contributed by atoms with Crippen LogP contribution in [0.1, 0.15) is 29.6 Å². The molecule has 176 valence electrons. The van der Waals surface area contributed by atoms with Crippen molar-refractivity contribution in [2.24, 2.45) is 0 Å². The molecular formula is C23H27BrN4O3S2. The highest BCUT2D eigenvalue weighted by molar-refractivity contribution is 9.10. The number of hydrogen-bond acceptors (Lipinski definition) is 6. The molecule has 0 atom stereocenters. The third kappa shape index (κ3) is 5.46. The third-order valence-electron chi connectivity index (χ3n) is 5.64. The quantitative estimate of drug-likeness (QED) is 0.393. The fourth-order valence-corrected chi connectivity index (χ4v) is 6.51. The summed E-state index contributed by atoms with van der Waals surface area (Å²) in [5.74, 6) is -0.189. The van der Waals surface area contributed by atoms with E-state index in [0.717, 1.165) is 40.5 Å². The van der Waals surface area contributed by atoms with E-state index in [1.54, 1.807) is 24.1 Å². The van der Waals surface area contributed by atoms with Gasteiger partial charge in [0.1, 0.15) is 0 Å². The fourth-order valence-electron chi connectivity index (χ4n) is 3.56. The number of nitrogens with zero attached hydrogens (tertiary/aromatic N) is 4. The molecule has 1 fully saturated rings. The molecule has 0 N–H and O–H groups in total. The average molecular weight is 552 g/mol. The normalized spacial score (nSPS) is 14.4. The van der Waals surface area contributed by atoms with Gasteiger partial charge in [0.25, 0.3) is 5.91 Å². The van der Waals surface area contributed by atoms with E-state index in [1.165, 1.54) is 27.8 Å². The zero-order valence-corrected chi connectivity index (χ0v) is 22.1. The summed E-state index contributed by atoms with van der Waals surface area (Å²) in [5, 5.41) is 0.636. The first-order chi connectivity index (χ1) is 15.7. The van der Waals surface area contributed by atoms with Crippen molar-refractivity contribution in [3.8, 4) is 0 Å². The van der Waals surface area contributed by atoms with Crippen molar-refractivity contribution in [3.63, 3.8) is 0 Å². The second kappa shape index (κ2) is 9.79. The van der Waals surface area contributed by atoms with Crippen LogP contribution in [0.5, 0.6) is 0 Å². The Kier molecular flexibility index (Phi) is 7.20. The van der Waals surface area contributed by atoms with Gasteiger partial charge in [-0.2, -0.15) is 4.31 Å². The van der Waals surface area contributed by atoms with Crippen molar-refractivity contribution in [2.75, 3.05) is 39.1 Å². The highest BCUT2D eigenvalue weighted by Crippen LogP contribution is 2.33. The SMILES string of the molecule is CN(C)CCCN(C(=O)c1ccc(S(=O)(=O)N(C)C2CC2)cc1)c1nc2ccc(Br)cc2s1. The van der Waals surface area contributed by atoms with Gasteiger partial charge in [-0.15, -0.1) is 0 Å². The number of sulfonamides is 1. The molecule has 1 heterocycles. The maximum Gasteiger partial charge on any atom is 0.260 e. The van der Waals surface area contributed by atoms with E-state index in [1.807, 2.05) is 32.3 Å². The minimum absolute atomic E-state index is 0.0857. The Balaban J connectivity index is 1.61. The van der Waals surface area contributed by atoms with Crippen LogP contribution < -0.4 is 4.90 Å². The van der Waals surface area contributed by atoms with Gasteiger partial charge in [-0.1, -0.05) is 27.3 Å². The lowest BCUT2D eigenvalue weighted by atomic mass is 10.2. The van der Waals surface area contributed by atoms with E-state index in [9.17, 15) is 13.2 Å². The number of hydrogen-bond donors (Lipinski definition) is 0. The molecule has 3 aromatic rings. The second-order valence-electron chi connectivity index (χ2n) is 8.50. The number of rotatable bonds is 9. The molecule has 0 spiro atoms. The summed E-state index contributed by atoms with van der Waals surface area (Å²) in [6.45, 7) is 1.35. The Hall–Kier alpha value is -1.85. The van der Waals surface area contributed by atoms with Gasteiger partial charge in [0.15, 0.2) is 5.13 Å². The summed E-state index contributed by atoms with van der Waals surface area (Å²) < 4.78 is 29.0. The topological polar surface area (TPSA) is 73.8 Å². The maximum atomic E-state index is 13.5. The van der Waals surface area contributed by atoms with E-state index in [4.69, 9.17) is 4.98 Å². The molecule has 33 heavy (non-hydrogen) atoms. The predicted molar refractivity (Wildman–Crippen MR) is 137 cm³/mol. The molecule has 1 aliphatic rings. The number of amides is 1. The highest BCUT2D eigenvalue weighted by Gasteiger charge is 2.35. The van der Waals surface area contributed by atoms with Gasteiger partial charge < -0.3 is 4.90 Å². The number of thiazole rings is 1. The van der Waals surface area contributed by atoms with Crippen molar-refractivity contribution < 1.29 is 13.2 Å². The lowest BCUT2D eigenvalue weighted by Crippen LogP contribution is -2.33. The van der Waals surface area contributed by atoms with Crippen LogP contribution in [0, 0.1) is 0 Å². The Morgan fingerprint density at radius 2 is 1.79 bits per heavy atom. The second-order valence-corrected chi connectivity index (χ2v) is 12.4. The summed E-state index contributed by atoms with van der Waals surface area (Å²) in [7, 11) is 2.07. The van der Waals surface area contributed by atoms with Crippen molar-refractivity contribution in [1.82, 2.24) is 14.2 Å². The first-order valence-electron chi connectivity index (χ1n) is 10.8. The lowest BCUT2D eigenvalue weighted by Gasteiger charge is -2.21. The lowest BCUT2D eigenvalue weighted by molar-refractivity contribution is 0.0986. The molecule has 1 aromatic heterocycles. The molecule has 2 aromatic carbocycles. The molecular weight excluding hydrogens is 524 g/mol. The van der Waals surface area contributed by atoms with E-state index >= 15 is 0 Å². The number of anilines is 1. The van der Waals surface area contributed by atoms with Gasteiger partial charge in [0.05, 0.1) is 15.1 Å². The van der Waals surface area contributed by atoms with Crippen molar-refractivity contribution >= 4 is 58.5 Å². The summed E-state index contributed by atoms with van der Waals surface area (Å²) in [6.07, 6.45) is 2.58. The Labute approximate surface area is 207 Å². The van der Waals surface area contributed by atoms with Gasteiger partial charge in [0.2, 0.25) is 10.0 Å². The minimum Gasteiger partial charge on any atom is -0.309 e. The summed E-state index contributed by atoms with van der Waals surface area (Å²) in [5.41, 5.74) is 1.28. The van der Waals surface area contributed by atoms with Crippen molar-refractivity contribution in [2.45, 2.75) is 30.2 Å². The molecule has 10 heteroatoms. The molecule has 0 bridgehead atoms. The van der Waals surface area contributed by atoms with Crippen LogP contribution in [0.25, 0.3) is 10.2 Å². The van der Waals surface area contributed by atoms with Gasteiger partial charge in [-0.25, -0.2) is 13.4 Å². The van der Waals surface area contributed by atoms with Crippen LogP contribution in [-0.4, -0.2) is 68.8 Å². The van der Waals surface area contributed by atoms with Gasteiger partial charge in [-0.3, -0.25) is 9.69 Å². The number of carbonyl (C=O) groups excluding carboxylic acids is 1. The molecule has 7 nitrogen and oxygen atoms in total. The number of carbonyl (C=O) groups is 1. The van der Waals surface area contributed by atoms with Crippen LogP contribution in [-0.2, 0) is 10.0 Å². The van der Waals surface area contributed by atoms with Crippen LogP contribution in [0.3, 0.4) is 0 Å². The molecule has 0 unspecified atom stereocenters. The number of fused-ring (bicyclic) bond motifs is 1. The number of aromatic nitrogens is 1. The van der Waals surface area contributed by atoms with Crippen LogP contribution in [0.4, 0.5) is 5.13 Å². The van der Waals surface area contributed by atoms with Crippen LogP contribution >= 0.6 is 27.3 Å². The summed E-state index contributed by atoms with van der Waals surface area (Å²) in [6, 6.07) is 12.2. The first-order valence-corrected chi connectivity index (χ1v) is 13.8. The molecule has 1 aliphatic carbocycles. The van der Waals surface area contributed by atoms with E-state index in [-0.39, 0.29) is 16.8 Å². The number of halogens is 1. The molecule has 0 radical (unpaired) electrons. The monoisotopic (exact) mass is 550 g/mol. The van der Waals surface area contributed by atoms with Crippen LogP contribution in [0.15, 0.2) is 51.8 Å². The average Bonchev–Trinajstić information content (AvgIpc) is 3.55. The Bertz CT molecular complexity index is 1250. The molecule has 0 aliphatic heterocycles. The standard InChI is InChI=1S/C23H27BrN4O3S2/c1-26(2)13-4-14-28(23-25-20-12-7-17(24)15-21(20)32-23)22(29)16-5-10-19(11-6-16)33(30,31)27(3)18-8-9-18/h5-7,10-12,15,18H,4,8-9,13-14H2,1-3H3. The Morgan fingerprint density at radius 1 is 1.09 bits per heavy atom. The number of benzene rings is 2. The molecule has 1 saturated carbocycles. The molecule has 0 saturated heterocycles. The van der Waals surface area contributed by atoms with E-state index in [0.29, 0.717) is 17.2 Å². The van der Waals surface area contributed by atoms with Crippen molar-refractivity contribution in [1.29, 1.82) is 0 Å². The highest BCUT2D eigenvalue weighted by atomic mass is 79.9. The van der Waals surface area contributed by atoms with Crippen LogP contribution in [0.2, 0.25) is 0 Å². The zero-order chi connectivity index (χ0) is 23.8. The van der Waals surface area contributed by atoms with E-state index in [2.05, 4.69) is 20.8 Å². The molecule has 1 amide bonds. The predicted octanol–water partition coefficient (Wildman–Crippen LogP) is 4.44. The van der Waals surface area contributed by atoms with E-state index < -0.39 is 10.0 Å². The minimum atomic E-state index is -3.55. The van der Waals surface area contributed by atoms with Crippen molar-refractivity contribution in [3.05, 3.63) is 52.5 Å². The largest absolute Gasteiger partial charge is 0.309 e. The molecule has 4 rings (SSSR count). The summed E-state index contributed by atoms with van der Waals surface area (Å²) >= 11 is 4.96. The summed E-state index contributed by atoms with van der Waals surface area (Å²) in [4.78, 5) is 22.2.